The second-order valence-electron chi connectivity index (χ2n) is 7.03. The van der Waals surface area contributed by atoms with E-state index in [1.807, 2.05) is 18.2 Å². The lowest BCUT2D eigenvalue weighted by Gasteiger charge is -2.35. The summed E-state index contributed by atoms with van der Waals surface area (Å²) in [6.45, 7) is 5.52. The first kappa shape index (κ1) is 22.0. The van der Waals surface area contributed by atoms with Crippen molar-refractivity contribution < 1.29 is 13.2 Å². The Labute approximate surface area is 181 Å². The van der Waals surface area contributed by atoms with Gasteiger partial charge >= 0.3 is 0 Å². The maximum atomic E-state index is 12.9. The first-order valence-corrected chi connectivity index (χ1v) is 11.9. The van der Waals surface area contributed by atoms with E-state index in [9.17, 15) is 13.2 Å². The van der Waals surface area contributed by atoms with Crippen LogP contribution in [-0.4, -0.2) is 67.7 Å². The number of piperazine rings is 1. The summed E-state index contributed by atoms with van der Waals surface area (Å²) < 4.78 is 27.8. The largest absolute Gasteiger partial charge is 0.339 e. The predicted molar refractivity (Wildman–Crippen MR) is 117 cm³/mol. The van der Waals surface area contributed by atoms with Gasteiger partial charge in [-0.25, -0.2) is 8.42 Å². The molecule has 1 aliphatic heterocycles. The average molecular weight is 480 g/mol. The van der Waals surface area contributed by atoms with Crippen LogP contribution in [0.2, 0.25) is 0 Å². The summed E-state index contributed by atoms with van der Waals surface area (Å²) in [6.07, 6.45) is 0. The number of halogens is 1. The van der Waals surface area contributed by atoms with Crippen molar-refractivity contribution in [3.63, 3.8) is 0 Å². The Hall–Kier alpha value is -1.74. The van der Waals surface area contributed by atoms with Gasteiger partial charge in [0.05, 0.1) is 11.4 Å². The van der Waals surface area contributed by atoms with Crippen LogP contribution in [0.25, 0.3) is 0 Å². The number of carbonyl (C=O) groups is 1. The summed E-state index contributed by atoms with van der Waals surface area (Å²) in [5, 5.41) is 0. The Bertz CT molecular complexity index is 912. The number of carbonyl (C=O) groups excluding carboxylic acids is 1. The van der Waals surface area contributed by atoms with Gasteiger partial charge in [-0.1, -0.05) is 53.2 Å². The molecule has 29 heavy (non-hydrogen) atoms. The number of amides is 1. The van der Waals surface area contributed by atoms with E-state index in [-0.39, 0.29) is 23.9 Å². The maximum absolute atomic E-state index is 12.9. The topological polar surface area (TPSA) is 60.9 Å². The zero-order valence-electron chi connectivity index (χ0n) is 16.5. The van der Waals surface area contributed by atoms with Crippen molar-refractivity contribution in [3.05, 3.63) is 64.6 Å². The van der Waals surface area contributed by atoms with Crippen LogP contribution in [0.15, 0.2) is 64.0 Å². The van der Waals surface area contributed by atoms with Gasteiger partial charge in [0.15, 0.2) is 0 Å². The molecule has 0 spiro atoms. The van der Waals surface area contributed by atoms with Gasteiger partial charge in [0.25, 0.3) is 0 Å². The highest BCUT2D eigenvalue weighted by Crippen LogP contribution is 2.19. The monoisotopic (exact) mass is 479 g/mol. The molecule has 1 fully saturated rings. The molecule has 8 heteroatoms. The van der Waals surface area contributed by atoms with Crippen LogP contribution < -0.4 is 0 Å². The molecule has 156 valence electrons. The number of rotatable bonds is 7. The highest BCUT2D eigenvalue weighted by molar-refractivity contribution is 9.10. The van der Waals surface area contributed by atoms with Crippen molar-refractivity contribution in [1.29, 1.82) is 0 Å². The standard InChI is InChI=1S/C21H26BrN3O3S/c1-2-25(29(27,28)20-10-8-19(22)9-11-20)17-21(26)24-14-12-23(13-15-24)16-18-6-4-3-5-7-18/h3-11H,2,12-17H2,1H3. The summed E-state index contributed by atoms with van der Waals surface area (Å²) >= 11 is 3.31. The molecule has 1 saturated heterocycles. The highest BCUT2D eigenvalue weighted by atomic mass is 79.9. The zero-order chi connectivity index (χ0) is 20.9. The molecule has 0 unspecified atom stereocenters. The molecule has 0 atom stereocenters. The molecule has 1 heterocycles. The smallest absolute Gasteiger partial charge is 0.243 e. The predicted octanol–water partition coefficient (Wildman–Crippen LogP) is 2.80. The van der Waals surface area contributed by atoms with E-state index in [0.29, 0.717) is 13.1 Å². The van der Waals surface area contributed by atoms with E-state index in [1.54, 1.807) is 36.1 Å². The number of benzene rings is 2. The van der Waals surface area contributed by atoms with Crippen molar-refractivity contribution in [1.82, 2.24) is 14.1 Å². The number of nitrogens with zero attached hydrogens (tertiary/aromatic N) is 3. The number of hydrogen-bond donors (Lipinski definition) is 0. The van der Waals surface area contributed by atoms with Crippen molar-refractivity contribution in [3.8, 4) is 0 Å². The Morgan fingerprint density at radius 2 is 1.62 bits per heavy atom. The van der Waals surface area contributed by atoms with Crippen molar-refractivity contribution in [2.45, 2.75) is 18.4 Å². The van der Waals surface area contributed by atoms with Gasteiger partial charge in [-0.15, -0.1) is 0 Å². The van der Waals surface area contributed by atoms with Crippen LogP contribution in [0.3, 0.4) is 0 Å². The summed E-state index contributed by atoms with van der Waals surface area (Å²) in [5.74, 6) is -0.146. The molecule has 0 aromatic heterocycles. The van der Waals surface area contributed by atoms with Gasteiger partial charge in [-0.05, 0) is 29.8 Å². The Balaban J connectivity index is 1.57. The minimum atomic E-state index is -3.70. The minimum Gasteiger partial charge on any atom is -0.339 e. The maximum Gasteiger partial charge on any atom is 0.243 e. The summed E-state index contributed by atoms with van der Waals surface area (Å²) in [4.78, 5) is 17.0. The lowest BCUT2D eigenvalue weighted by Crippen LogP contribution is -2.51. The Kier molecular flexibility index (Phi) is 7.45. The van der Waals surface area contributed by atoms with E-state index < -0.39 is 10.0 Å². The van der Waals surface area contributed by atoms with Gasteiger partial charge in [-0.2, -0.15) is 4.31 Å². The second kappa shape index (κ2) is 9.84. The van der Waals surface area contributed by atoms with E-state index in [2.05, 4.69) is 33.0 Å². The first-order chi connectivity index (χ1) is 13.9. The fraction of sp³-hybridized carbons (Fsp3) is 0.381. The highest BCUT2D eigenvalue weighted by Gasteiger charge is 2.28. The third-order valence-electron chi connectivity index (χ3n) is 5.09. The molecule has 1 aliphatic rings. The van der Waals surface area contributed by atoms with Gasteiger partial charge in [-0.3, -0.25) is 9.69 Å². The van der Waals surface area contributed by atoms with E-state index in [1.165, 1.54) is 9.87 Å². The Morgan fingerprint density at radius 1 is 1.00 bits per heavy atom. The first-order valence-electron chi connectivity index (χ1n) is 9.70. The van der Waals surface area contributed by atoms with Gasteiger partial charge in [0, 0.05) is 43.7 Å². The minimum absolute atomic E-state index is 0.131. The van der Waals surface area contributed by atoms with Crippen LogP contribution in [0, 0.1) is 0 Å². The van der Waals surface area contributed by atoms with Gasteiger partial charge < -0.3 is 4.90 Å². The van der Waals surface area contributed by atoms with Crippen LogP contribution in [0.4, 0.5) is 0 Å². The summed E-state index contributed by atoms with van der Waals surface area (Å²) in [5.41, 5.74) is 1.25. The zero-order valence-corrected chi connectivity index (χ0v) is 18.9. The molecule has 0 N–H and O–H groups in total. The summed E-state index contributed by atoms with van der Waals surface area (Å²) in [7, 11) is -3.70. The van der Waals surface area contributed by atoms with Crippen LogP contribution in [-0.2, 0) is 21.4 Å². The van der Waals surface area contributed by atoms with Crippen molar-refractivity contribution >= 4 is 31.9 Å². The van der Waals surface area contributed by atoms with Crippen LogP contribution in [0.1, 0.15) is 12.5 Å². The fourth-order valence-electron chi connectivity index (χ4n) is 3.37. The van der Waals surface area contributed by atoms with E-state index in [4.69, 9.17) is 0 Å². The molecular weight excluding hydrogens is 454 g/mol. The number of sulfonamides is 1. The molecule has 3 rings (SSSR count). The van der Waals surface area contributed by atoms with E-state index >= 15 is 0 Å². The van der Waals surface area contributed by atoms with E-state index in [0.717, 1.165) is 24.1 Å². The SMILES string of the molecule is CCN(CC(=O)N1CCN(Cc2ccccc2)CC1)S(=O)(=O)c1ccc(Br)cc1. The number of likely N-dealkylation sites (N-methyl/N-ethyl adjacent to an activating group) is 1. The molecule has 1 amide bonds. The lowest BCUT2D eigenvalue weighted by atomic mass is 10.2. The molecule has 0 aliphatic carbocycles. The molecule has 2 aromatic carbocycles. The van der Waals surface area contributed by atoms with Crippen LogP contribution >= 0.6 is 15.9 Å². The molecule has 0 radical (unpaired) electrons. The number of hydrogen-bond acceptors (Lipinski definition) is 4. The summed E-state index contributed by atoms with van der Waals surface area (Å²) in [6, 6.07) is 16.7. The molecular formula is C21H26BrN3O3S. The molecule has 0 saturated carbocycles. The van der Waals surface area contributed by atoms with Crippen molar-refractivity contribution in [2.75, 3.05) is 39.3 Å². The second-order valence-corrected chi connectivity index (χ2v) is 9.88. The van der Waals surface area contributed by atoms with Crippen LogP contribution in [0.5, 0.6) is 0 Å². The van der Waals surface area contributed by atoms with Gasteiger partial charge in [0.2, 0.25) is 15.9 Å². The third kappa shape index (κ3) is 5.66. The third-order valence-corrected chi connectivity index (χ3v) is 7.55. The lowest BCUT2D eigenvalue weighted by molar-refractivity contribution is -0.133. The fourth-order valence-corrected chi connectivity index (χ4v) is 5.03. The quantitative estimate of drug-likeness (QED) is 0.612. The van der Waals surface area contributed by atoms with Crippen molar-refractivity contribution in [2.24, 2.45) is 0 Å². The Morgan fingerprint density at radius 3 is 2.21 bits per heavy atom. The molecule has 6 nitrogen and oxygen atoms in total. The molecule has 2 aromatic rings. The average Bonchev–Trinajstić information content (AvgIpc) is 2.73. The normalized spacial score (nSPS) is 15.6. The molecule has 0 bridgehead atoms. The van der Waals surface area contributed by atoms with Gasteiger partial charge in [0.1, 0.15) is 0 Å².